The van der Waals surface area contributed by atoms with Gasteiger partial charge in [0.15, 0.2) is 5.16 Å². The molecule has 1 aromatic carbocycles. The largest absolute Gasteiger partial charge is 0.342 e. The first kappa shape index (κ1) is 22.0. The molecule has 5 nitrogen and oxygen atoms in total. The molecule has 1 fully saturated rings. The average Bonchev–Trinajstić information content (AvgIpc) is 2.96. The topological polar surface area (TPSA) is 55.2 Å². The fourth-order valence-electron chi connectivity index (χ4n) is 4.64. The van der Waals surface area contributed by atoms with E-state index in [1.165, 1.54) is 35.0 Å². The molecule has 8 heteroatoms. The molecule has 3 heterocycles. The van der Waals surface area contributed by atoms with Crippen molar-refractivity contribution in [3.63, 3.8) is 0 Å². The quantitative estimate of drug-likeness (QED) is 0.361. The van der Waals surface area contributed by atoms with E-state index in [0.717, 1.165) is 67.5 Å². The van der Waals surface area contributed by atoms with E-state index >= 15 is 0 Å². The van der Waals surface area contributed by atoms with Crippen molar-refractivity contribution in [3.05, 3.63) is 50.1 Å². The minimum Gasteiger partial charge on any atom is -0.342 e. The van der Waals surface area contributed by atoms with Crippen molar-refractivity contribution in [2.75, 3.05) is 18.8 Å². The normalized spacial score (nSPS) is 16.7. The summed E-state index contributed by atoms with van der Waals surface area (Å²) in [5, 5.41) is 1.95. The number of thiophene rings is 1. The Hall–Kier alpha value is -1.83. The van der Waals surface area contributed by atoms with Crippen molar-refractivity contribution in [2.45, 2.75) is 56.5 Å². The number of carbonyl (C=O) groups excluding carboxylic acids is 1. The molecule has 5 rings (SSSR count). The predicted molar refractivity (Wildman–Crippen MR) is 133 cm³/mol. The van der Waals surface area contributed by atoms with Crippen molar-refractivity contribution in [2.24, 2.45) is 0 Å². The second-order valence-corrected chi connectivity index (χ2v) is 10.9. The highest BCUT2D eigenvalue weighted by Gasteiger charge is 2.24. The first-order valence-corrected chi connectivity index (χ1v) is 13.5. The lowest BCUT2D eigenvalue weighted by molar-refractivity contribution is -0.128. The van der Waals surface area contributed by atoms with Gasteiger partial charge in [0.25, 0.3) is 5.56 Å². The van der Waals surface area contributed by atoms with Gasteiger partial charge < -0.3 is 4.90 Å². The summed E-state index contributed by atoms with van der Waals surface area (Å²) in [6.07, 6.45) is 8.74. The van der Waals surface area contributed by atoms with Gasteiger partial charge in [-0.2, -0.15) is 0 Å². The lowest BCUT2D eigenvalue weighted by Crippen LogP contribution is -2.33. The number of nitrogens with zero attached hydrogens (tertiary/aromatic N) is 3. The van der Waals surface area contributed by atoms with Crippen LogP contribution in [-0.4, -0.2) is 39.2 Å². The molecule has 1 aliphatic heterocycles. The third kappa shape index (κ3) is 4.35. The lowest BCUT2D eigenvalue weighted by atomic mass is 9.97. The number of aromatic nitrogens is 2. The molecule has 0 N–H and O–H groups in total. The molecule has 1 aliphatic carbocycles. The maximum atomic E-state index is 13.7. The van der Waals surface area contributed by atoms with Crippen LogP contribution in [0.15, 0.2) is 34.2 Å². The zero-order valence-electron chi connectivity index (χ0n) is 17.9. The highest BCUT2D eigenvalue weighted by atomic mass is 35.5. The minimum atomic E-state index is -0.0403. The summed E-state index contributed by atoms with van der Waals surface area (Å²) in [6.45, 7) is 1.65. The van der Waals surface area contributed by atoms with Gasteiger partial charge in [0.2, 0.25) is 5.91 Å². The van der Waals surface area contributed by atoms with E-state index in [4.69, 9.17) is 16.6 Å². The minimum absolute atomic E-state index is 0.0403. The van der Waals surface area contributed by atoms with Crippen LogP contribution in [0, 0.1) is 0 Å². The van der Waals surface area contributed by atoms with Crippen LogP contribution in [0.3, 0.4) is 0 Å². The summed E-state index contributed by atoms with van der Waals surface area (Å²) in [4.78, 5) is 35.6. The smallest absolute Gasteiger partial charge is 0.267 e. The molecule has 168 valence electrons. The van der Waals surface area contributed by atoms with Gasteiger partial charge in [-0.25, -0.2) is 4.98 Å². The number of carbonyl (C=O) groups is 1. The van der Waals surface area contributed by atoms with Crippen molar-refractivity contribution in [3.8, 4) is 5.69 Å². The monoisotopic (exact) mass is 487 g/mol. The molecule has 32 heavy (non-hydrogen) atoms. The van der Waals surface area contributed by atoms with E-state index in [0.29, 0.717) is 10.2 Å². The van der Waals surface area contributed by atoms with E-state index in [1.807, 2.05) is 17.0 Å². The summed E-state index contributed by atoms with van der Waals surface area (Å²) in [7, 11) is 0. The Labute approximate surface area is 200 Å². The van der Waals surface area contributed by atoms with Gasteiger partial charge in [0.1, 0.15) is 4.83 Å². The number of aryl methyl sites for hydroxylation is 2. The van der Waals surface area contributed by atoms with Gasteiger partial charge in [-0.15, -0.1) is 11.3 Å². The van der Waals surface area contributed by atoms with E-state index in [2.05, 4.69) is 0 Å². The first-order valence-electron chi connectivity index (χ1n) is 11.4. The van der Waals surface area contributed by atoms with Crippen LogP contribution in [0.1, 0.15) is 49.0 Å². The van der Waals surface area contributed by atoms with Gasteiger partial charge in [0, 0.05) is 23.0 Å². The summed E-state index contributed by atoms with van der Waals surface area (Å²) < 4.78 is 1.67. The SMILES string of the molecule is O=C(CSc1nc2sc3c(c2c(=O)n1-c1ccc(Cl)cc1)CCCC3)N1CCCCCC1. The number of likely N-dealkylation sites (tertiary alicyclic amines) is 1. The number of thioether (sulfide) groups is 1. The second-order valence-electron chi connectivity index (χ2n) is 8.49. The van der Waals surface area contributed by atoms with Gasteiger partial charge in [-0.05, 0) is 68.4 Å². The molecule has 2 aliphatic rings. The molecule has 0 radical (unpaired) electrons. The number of fused-ring (bicyclic) bond motifs is 3. The molecular weight excluding hydrogens is 462 g/mol. The second kappa shape index (κ2) is 9.57. The molecule has 0 unspecified atom stereocenters. The van der Waals surface area contributed by atoms with Crippen LogP contribution in [-0.2, 0) is 17.6 Å². The fraction of sp³-hybridized carbons (Fsp3) is 0.458. The fourth-order valence-corrected chi connectivity index (χ4v) is 6.98. The molecule has 1 saturated heterocycles. The third-order valence-electron chi connectivity index (χ3n) is 6.33. The predicted octanol–water partition coefficient (Wildman–Crippen LogP) is 5.47. The molecule has 1 amide bonds. The van der Waals surface area contributed by atoms with Crippen molar-refractivity contribution in [1.82, 2.24) is 14.5 Å². The van der Waals surface area contributed by atoms with Crippen LogP contribution in [0.25, 0.3) is 15.9 Å². The zero-order valence-corrected chi connectivity index (χ0v) is 20.3. The lowest BCUT2D eigenvalue weighted by Gasteiger charge is -2.20. The van der Waals surface area contributed by atoms with Gasteiger partial charge in [0.05, 0.1) is 16.8 Å². The van der Waals surface area contributed by atoms with Gasteiger partial charge >= 0.3 is 0 Å². The number of amides is 1. The van der Waals surface area contributed by atoms with E-state index in [9.17, 15) is 9.59 Å². The molecular formula is C24H26ClN3O2S2. The summed E-state index contributed by atoms with van der Waals surface area (Å²) in [6, 6.07) is 7.26. The molecule has 0 spiro atoms. The highest BCUT2D eigenvalue weighted by molar-refractivity contribution is 7.99. The molecule has 3 aromatic rings. The van der Waals surface area contributed by atoms with Crippen LogP contribution >= 0.6 is 34.7 Å². The van der Waals surface area contributed by atoms with E-state index < -0.39 is 0 Å². The van der Waals surface area contributed by atoms with Gasteiger partial charge in [-0.1, -0.05) is 36.2 Å². The van der Waals surface area contributed by atoms with Crippen molar-refractivity contribution < 1.29 is 4.79 Å². The van der Waals surface area contributed by atoms with Crippen LogP contribution in [0.5, 0.6) is 0 Å². The Morgan fingerprint density at radius 3 is 2.50 bits per heavy atom. The zero-order chi connectivity index (χ0) is 22.1. The number of benzene rings is 1. The van der Waals surface area contributed by atoms with E-state index in [-0.39, 0.29) is 17.2 Å². The van der Waals surface area contributed by atoms with Crippen LogP contribution in [0.4, 0.5) is 0 Å². The third-order valence-corrected chi connectivity index (χ3v) is 8.69. The van der Waals surface area contributed by atoms with Crippen molar-refractivity contribution in [1.29, 1.82) is 0 Å². The maximum absolute atomic E-state index is 13.7. The number of rotatable bonds is 4. The first-order chi connectivity index (χ1) is 15.6. The summed E-state index contributed by atoms with van der Waals surface area (Å²) >= 11 is 9.11. The molecule has 0 bridgehead atoms. The average molecular weight is 488 g/mol. The summed E-state index contributed by atoms with van der Waals surface area (Å²) in [5.74, 6) is 0.413. The number of hydrogen-bond donors (Lipinski definition) is 0. The maximum Gasteiger partial charge on any atom is 0.267 e. The van der Waals surface area contributed by atoms with E-state index in [1.54, 1.807) is 28.0 Å². The number of halogens is 1. The van der Waals surface area contributed by atoms with Gasteiger partial charge in [-0.3, -0.25) is 14.2 Å². The highest BCUT2D eigenvalue weighted by Crippen LogP contribution is 2.35. The molecule has 0 atom stereocenters. The summed E-state index contributed by atoms with van der Waals surface area (Å²) in [5.41, 5.74) is 1.87. The molecule has 2 aromatic heterocycles. The van der Waals surface area contributed by atoms with Crippen LogP contribution < -0.4 is 5.56 Å². The Bertz CT molecular complexity index is 1190. The Morgan fingerprint density at radius 2 is 1.75 bits per heavy atom. The Kier molecular flexibility index (Phi) is 6.58. The van der Waals surface area contributed by atoms with Crippen molar-refractivity contribution >= 4 is 50.8 Å². The number of hydrogen-bond acceptors (Lipinski definition) is 5. The van der Waals surface area contributed by atoms with Crippen LogP contribution in [0.2, 0.25) is 5.02 Å². The standard InChI is InChI=1S/C24H26ClN3O2S2/c25-16-9-11-17(12-10-16)28-23(30)21-18-7-3-4-8-19(18)32-22(21)26-24(28)31-15-20(29)27-13-5-1-2-6-14-27/h9-12H,1-8,13-15H2. The molecule has 0 saturated carbocycles. The Balaban J connectivity index is 1.54. The Morgan fingerprint density at radius 1 is 1.03 bits per heavy atom.